The normalized spacial score (nSPS) is 11.2. The van der Waals surface area contributed by atoms with E-state index in [-0.39, 0.29) is 0 Å². The van der Waals surface area contributed by atoms with E-state index in [0.717, 1.165) is 35.3 Å². The van der Waals surface area contributed by atoms with Crippen molar-refractivity contribution in [3.05, 3.63) is 23.2 Å². The summed E-state index contributed by atoms with van der Waals surface area (Å²) in [5, 5.41) is 13.6. The van der Waals surface area contributed by atoms with Gasteiger partial charge in [0.1, 0.15) is 10.8 Å². The van der Waals surface area contributed by atoms with Crippen molar-refractivity contribution in [2.45, 2.75) is 46.7 Å². The molecule has 0 saturated heterocycles. The Morgan fingerprint density at radius 1 is 1.37 bits per heavy atom. The standard InChI is InChI=1S/C13H21N5S/c1-4-6-18-7-5-14-11(18)9-15-13-17-16-12(19-13)8-10(2)3/h5,7,10H,4,6,8-9H2,1-3H3,(H,15,17). The zero-order valence-electron chi connectivity index (χ0n) is 11.8. The molecule has 6 heteroatoms. The van der Waals surface area contributed by atoms with Crippen LogP contribution in [0.3, 0.4) is 0 Å². The molecule has 2 aromatic heterocycles. The predicted molar refractivity (Wildman–Crippen MR) is 78.3 cm³/mol. The van der Waals surface area contributed by atoms with Gasteiger partial charge in [0, 0.05) is 25.4 Å². The molecular weight excluding hydrogens is 258 g/mol. The molecule has 0 bridgehead atoms. The maximum absolute atomic E-state index is 4.36. The molecule has 0 aliphatic carbocycles. The third-order valence-corrected chi connectivity index (χ3v) is 3.62. The number of hydrogen-bond donors (Lipinski definition) is 1. The van der Waals surface area contributed by atoms with Crippen LogP contribution in [0.25, 0.3) is 0 Å². The summed E-state index contributed by atoms with van der Waals surface area (Å²) in [4.78, 5) is 4.36. The lowest BCUT2D eigenvalue weighted by Crippen LogP contribution is -2.08. The number of nitrogens with zero attached hydrogens (tertiary/aromatic N) is 4. The first-order valence-electron chi connectivity index (χ1n) is 6.75. The van der Waals surface area contributed by atoms with Crippen LogP contribution in [0.5, 0.6) is 0 Å². The fraction of sp³-hybridized carbons (Fsp3) is 0.615. The molecule has 0 amide bonds. The molecule has 0 saturated carbocycles. The number of anilines is 1. The first-order valence-corrected chi connectivity index (χ1v) is 7.57. The highest BCUT2D eigenvalue weighted by Crippen LogP contribution is 2.18. The highest BCUT2D eigenvalue weighted by molar-refractivity contribution is 7.15. The lowest BCUT2D eigenvalue weighted by molar-refractivity contribution is 0.639. The van der Waals surface area contributed by atoms with E-state index in [1.54, 1.807) is 11.3 Å². The number of imidazole rings is 1. The van der Waals surface area contributed by atoms with E-state index in [1.807, 2.05) is 12.4 Å². The van der Waals surface area contributed by atoms with E-state index < -0.39 is 0 Å². The molecule has 19 heavy (non-hydrogen) atoms. The lowest BCUT2D eigenvalue weighted by atomic mass is 10.1. The lowest BCUT2D eigenvalue weighted by Gasteiger charge is -2.06. The fourth-order valence-corrected chi connectivity index (χ4v) is 2.81. The molecule has 0 aliphatic heterocycles. The van der Waals surface area contributed by atoms with Gasteiger partial charge in [-0.25, -0.2) is 4.98 Å². The van der Waals surface area contributed by atoms with Crippen molar-refractivity contribution < 1.29 is 0 Å². The van der Waals surface area contributed by atoms with Crippen molar-refractivity contribution >= 4 is 16.5 Å². The molecule has 2 aromatic rings. The van der Waals surface area contributed by atoms with Crippen LogP contribution < -0.4 is 5.32 Å². The molecule has 104 valence electrons. The van der Waals surface area contributed by atoms with Crippen molar-refractivity contribution in [3.63, 3.8) is 0 Å². The molecule has 2 heterocycles. The smallest absolute Gasteiger partial charge is 0.206 e. The highest BCUT2D eigenvalue weighted by Gasteiger charge is 2.07. The molecule has 0 radical (unpaired) electrons. The summed E-state index contributed by atoms with van der Waals surface area (Å²) in [7, 11) is 0. The first kappa shape index (κ1) is 14.0. The van der Waals surface area contributed by atoms with E-state index in [2.05, 4.69) is 45.8 Å². The molecule has 0 aliphatic rings. The number of aromatic nitrogens is 4. The van der Waals surface area contributed by atoms with Crippen LogP contribution in [-0.4, -0.2) is 19.7 Å². The largest absolute Gasteiger partial charge is 0.353 e. The van der Waals surface area contributed by atoms with Gasteiger partial charge in [0.05, 0.1) is 6.54 Å². The topological polar surface area (TPSA) is 55.6 Å². The molecule has 0 spiro atoms. The number of rotatable bonds is 7. The molecular formula is C13H21N5S. The van der Waals surface area contributed by atoms with Crippen LogP contribution in [0, 0.1) is 5.92 Å². The maximum Gasteiger partial charge on any atom is 0.206 e. The summed E-state index contributed by atoms with van der Waals surface area (Å²) >= 11 is 1.63. The third-order valence-electron chi connectivity index (χ3n) is 2.71. The SMILES string of the molecule is CCCn1ccnc1CNc1nnc(CC(C)C)s1. The van der Waals surface area contributed by atoms with Gasteiger partial charge >= 0.3 is 0 Å². The Morgan fingerprint density at radius 2 is 2.21 bits per heavy atom. The van der Waals surface area contributed by atoms with Gasteiger partial charge < -0.3 is 9.88 Å². The zero-order valence-corrected chi connectivity index (χ0v) is 12.6. The van der Waals surface area contributed by atoms with Gasteiger partial charge in [-0.05, 0) is 12.3 Å². The monoisotopic (exact) mass is 279 g/mol. The van der Waals surface area contributed by atoms with Crippen LogP contribution in [0.1, 0.15) is 38.0 Å². The van der Waals surface area contributed by atoms with Crippen LogP contribution in [0.4, 0.5) is 5.13 Å². The second-order valence-corrected chi connectivity index (χ2v) is 6.05. The van der Waals surface area contributed by atoms with Gasteiger partial charge in [-0.15, -0.1) is 10.2 Å². The Labute approximate surface area is 118 Å². The molecule has 5 nitrogen and oxygen atoms in total. The number of aryl methyl sites for hydroxylation is 1. The fourth-order valence-electron chi connectivity index (χ4n) is 1.86. The summed E-state index contributed by atoms with van der Waals surface area (Å²) in [5.41, 5.74) is 0. The summed E-state index contributed by atoms with van der Waals surface area (Å²) in [5.74, 6) is 1.66. The number of hydrogen-bond acceptors (Lipinski definition) is 5. The second-order valence-electron chi connectivity index (χ2n) is 4.99. The summed E-state index contributed by atoms with van der Waals surface area (Å²) < 4.78 is 2.17. The predicted octanol–water partition coefficient (Wildman–Crippen LogP) is 2.96. The second kappa shape index (κ2) is 6.65. The summed E-state index contributed by atoms with van der Waals surface area (Å²) in [6, 6.07) is 0. The number of nitrogens with one attached hydrogen (secondary N) is 1. The minimum atomic E-state index is 0.615. The van der Waals surface area contributed by atoms with Crippen molar-refractivity contribution in [3.8, 4) is 0 Å². The van der Waals surface area contributed by atoms with Crippen LogP contribution in [0.15, 0.2) is 12.4 Å². The van der Waals surface area contributed by atoms with Crippen molar-refractivity contribution in [1.82, 2.24) is 19.7 Å². The minimum Gasteiger partial charge on any atom is -0.353 e. The van der Waals surface area contributed by atoms with Crippen LogP contribution in [0.2, 0.25) is 0 Å². The van der Waals surface area contributed by atoms with Gasteiger partial charge in [-0.2, -0.15) is 0 Å². The van der Waals surface area contributed by atoms with E-state index in [1.165, 1.54) is 0 Å². The molecule has 0 aromatic carbocycles. The molecule has 0 fully saturated rings. The van der Waals surface area contributed by atoms with Gasteiger partial charge in [0.25, 0.3) is 0 Å². The van der Waals surface area contributed by atoms with Gasteiger partial charge in [0.15, 0.2) is 0 Å². The van der Waals surface area contributed by atoms with E-state index in [4.69, 9.17) is 0 Å². The average Bonchev–Trinajstić information content (AvgIpc) is 2.96. The maximum atomic E-state index is 4.36. The van der Waals surface area contributed by atoms with E-state index in [9.17, 15) is 0 Å². The van der Waals surface area contributed by atoms with Crippen molar-refractivity contribution in [1.29, 1.82) is 0 Å². The van der Waals surface area contributed by atoms with Crippen molar-refractivity contribution in [2.24, 2.45) is 5.92 Å². The Bertz CT molecular complexity index is 503. The van der Waals surface area contributed by atoms with Gasteiger partial charge in [0.2, 0.25) is 5.13 Å². The van der Waals surface area contributed by atoms with Gasteiger partial charge in [-0.3, -0.25) is 0 Å². The van der Waals surface area contributed by atoms with Crippen molar-refractivity contribution in [2.75, 3.05) is 5.32 Å². The van der Waals surface area contributed by atoms with Crippen LogP contribution >= 0.6 is 11.3 Å². The summed E-state index contributed by atoms with van der Waals surface area (Å²) in [6.45, 7) is 8.25. The Balaban J connectivity index is 1.91. The van der Waals surface area contributed by atoms with Gasteiger partial charge in [-0.1, -0.05) is 32.1 Å². The molecule has 2 rings (SSSR count). The molecule has 0 unspecified atom stereocenters. The third kappa shape index (κ3) is 4.02. The summed E-state index contributed by atoms with van der Waals surface area (Å²) in [6.07, 6.45) is 5.96. The Morgan fingerprint density at radius 3 is 2.95 bits per heavy atom. The Hall–Kier alpha value is -1.43. The average molecular weight is 279 g/mol. The zero-order chi connectivity index (χ0) is 13.7. The molecule has 1 N–H and O–H groups in total. The quantitative estimate of drug-likeness (QED) is 0.846. The van der Waals surface area contributed by atoms with E-state index >= 15 is 0 Å². The minimum absolute atomic E-state index is 0.615. The highest BCUT2D eigenvalue weighted by atomic mass is 32.1. The Kier molecular flexibility index (Phi) is 4.90. The first-order chi connectivity index (χ1) is 9.19. The van der Waals surface area contributed by atoms with E-state index in [0.29, 0.717) is 12.5 Å². The van der Waals surface area contributed by atoms with Crippen LogP contribution in [-0.2, 0) is 19.5 Å². The molecule has 0 atom stereocenters.